The van der Waals surface area contributed by atoms with Crippen LogP contribution in [0.4, 0.5) is 5.95 Å². The van der Waals surface area contributed by atoms with Crippen LogP contribution < -0.4 is 15.4 Å². The van der Waals surface area contributed by atoms with Gasteiger partial charge in [0.05, 0.1) is 17.8 Å². The summed E-state index contributed by atoms with van der Waals surface area (Å²) >= 11 is 3.32. The lowest BCUT2D eigenvalue weighted by atomic mass is 10.2. The fourth-order valence-corrected chi connectivity index (χ4v) is 1.65. The fourth-order valence-electron chi connectivity index (χ4n) is 1.29. The molecule has 1 heterocycles. The highest BCUT2D eigenvalue weighted by atomic mass is 79.9. The minimum atomic E-state index is 0.406. The van der Waals surface area contributed by atoms with E-state index in [1.165, 1.54) is 0 Å². The molecule has 90 valence electrons. The molecular weight excluding hydrogens is 272 g/mol. The topological polar surface area (TPSA) is 64.3 Å². The standard InChI is InChI=1S/C10H17BrN4O/c1-7(4-12)6-15(2)10-13-5-8(11)9(14-10)16-3/h5,7H,4,6,12H2,1-3H3. The van der Waals surface area contributed by atoms with Gasteiger partial charge >= 0.3 is 0 Å². The number of ether oxygens (including phenoxy) is 1. The van der Waals surface area contributed by atoms with Crippen molar-refractivity contribution in [3.63, 3.8) is 0 Å². The van der Waals surface area contributed by atoms with Gasteiger partial charge in [-0.1, -0.05) is 6.92 Å². The normalized spacial score (nSPS) is 12.3. The molecule has 1 atom stereocenters. The molecule has 0 aliphatic carbocycles. The smallest absolute Gasteiger partial charge is 0.232 e. The van der Waals surface area contributed by atoms with E-state index in [-0.39, 0.29) is 0 Å². The van der Waals surface area contributed by atoms with E-state index < -0.39 is 0 Å². The lowest BCUT2D eigenvalue weighted by Gasteiger charge is -2.20. The van der Waals surface area contributed by atoms with Crippen LogP contribution in [0.3, 0.4) is 0 Å². The first-order valence-electron chi connectivity index (χ1n) is 5.06. The first kappa shape index (κ1) is 13.2. The second kappa shape index (κ2) is 6.00. The maximum atomic E-state index is 5.58. The fraction of sp³-hybridized carbons (Fsp3) is 0.600. The number of halogens is 1. The van der Waals surface area contributed by atoms with Crippen molar-refractivity contribution in [2.75, 3.05) is 32.1 Å². The minimum absolute atomic E-state index is 0.406. The molecule has 0 aliphatic rings. The van der Waals surface area contributed by atoms with Crippen molar-refractivity contribution in [2.45, 2.75) is 6.92 Å². The highest BCUT2D eigenvalue weighted by molar-refractivity contribution is 9.10. The molecule has 1 unspecified atom stereocenters. The Balaban J connectivity index is 2.79. The molecule has 0 aromatic carbocycles. The third-order valence-corrected chi connectivity index (χ3v) is 2.77. The predicted octanol–water partition coefficient (Wildman–Crippen LogP) is 1.28. The van der Waals surface area contributed by atoms with Crippen LogP contribution in [0.2, 0.25) is 0 Å². The van der Waals surface area contributed by atoms with Gasteiger partial charge in [-0.25, -0.2) is 4.98 Å². The first-order valence-corrected chi connectivity index (χ1v) is 5.85. The number of anilines is 1. The molecule has 16 heavy (non-hydrogen) atoms. The molecule has 0 aliphatic heterocycles. The molecular formula is C10H17BrN4O. The van der Waals surface area contributed by atoms with E-state index in [9.17, 15) is 0 Å². The Kier molecular flexibility index (Phi) is 4.95. The van der Waals surface area contributed by atoms with Crippen LogP contribution >= 0.6 is 15.9 Å². The predicted molar refractivity (Wildman–Crippen MR) is 67.8 cm³/mol. The van der Waals surface area contributed by atoms with Crippen molar-refractivity contribution in [3.8, 4) is 5.88 Å². The van der Waals surface area contributed by atoms with Gasteiger partial charge < -0.3 is 15.4 Å². The quantitative estimate of drug-likeness (QED) is 0.884. The molecule has 0 fully saturated rings. The van der Waals surface area contributed by atoms with E-state index in [2.05, 4.69) is 32.8 Å². The Morgan fingerprint density at radius 1 is 1.62 bits per heavy atom. The number of rotatable bonds is 5. The summed E-state index contributed by atoms with van der Waals surface area (Å²) in [6, 6.07) is 0. The van der Waals surface area contributed by atoms with Crippen LogP contribution in [-0.4, -0.2) is 37.2 Å². The molecule has 0 bridgehead atoms. The lowest BCUT2D eigenvalue weighted by Crippen LogP contribution is -2.29. The zero-order valence-corrected chi connectivity index (χ0v) is 11.4. The Labute approximate surface area is 104 Å². The highest BCUT2D eigenvalue weighted by Gasteiger charge is 2.11. The number of methoxy groups -OCH3 is 1. The summed E-state index contributed by atoms with van der Waals surface area (Å²) in [4.78, 5) is 10.5. The third-order valence-electron chi connectivity index (χ3n) is 2.22. The molecule has 1 rings (SSSR count). The molecule has 0 amide bonds. The monoisotopic (exact) mass is 288 g/mol. The van der Waals surface area contributed by atoms with E-state index in [1.807, 2.05) is 11.9 Å². The van der Waals surface area contributed by atoms with Crippen molar-refractivity contribution in [3.05, 3.63) is 10.7 Å². The minimum Gasteiger partial charge on any atom is -0.480 e. The van der Waals surface area contributed by atoms with E-state index in [0.29, 0.717) is 24.3 Å². The van der Waals surface area contributed by atoms with E-state index in [1.54, 1.807) is 13.3 Å². The van der Waals surface area contributed by atoms with Gasteiger partial charge in [-0.15, -0.1) is 0 Å². The number of hydrogen-bond donors (Lipinski definition) is 1. The van der Waals surface area contributed by atoms with Crippen LogP contribution in [0.5, 0.6) is 5.88 Å². The summed E-state index contributed by atoms with van der Waals surface area (Å²) in [5.74, 6) is 1.58. The summed E-state index contributed by atoms with van der Waals surface area (Å²) in [5.41, 5.74) is 5.58. The van der Waals surface area contributed by atoms with Crippen LogP contribution in [0, 0.1) is 5.92 Å². The van der Waals surface area contributed by atoms with Crippen LogP contribution in [0.1, 0.15) is 6.92 Å². The Bertz CT molecular complexity index is 348. The zero-order chi connectivity index (χ0) is 12.1. The molecule has 0 saturated carbocycles. The van der Waals surface area contributed by atoms with Gasteiger partial charge in [0, 0.05) is 13.6 Å². The van der Waals surface area contributed by atoms with Gasteiger partial charge in [0.1, 0.15) is 0 Å². The van der Waals surface area contributed by atoms with Crippen molar-refractivity contribution < 1.29 is 4.74 Å². The van der Waals surface area contributed by atoms with Crippen LogP contribution in [-0.2, 0) is 0 Å². The van der Waals surface area contributed by atoms with Gasteiger partial charge in [-0.2, -0.15) is 4.98 Å². The van der Waals surface area contributed by atoms with Gasteiger partial charge in [-0.05, 0) is 28.4 Å². The number of nitrogens with two attached hydrogens (primary N) is 1. The summed E-state index contributed by atoms with van der Waals surface area (Å²) in [6.07, 6.45) is 1.69. The second-order valence-electron chi connectivity index (χ2n) is 3.75. The summed E-state index contributed by atoms with van der Waals surface area (Å²) < 4.78 is 5.87. The van der Waals surface area contributed by atoms with Crippen molar-refractivity contribution in [1.29, 1.82) is 0 Å². The van der Waals surface area contributed by atoms with Crippen molar-refractivity contribution in [2.24, 2.45) is 11.7 Å². The third kappa shape index (κ3) is 3.31. The van der Waals surface area contributed by atoms with Crippen LogP contribution in [0.15, 0.2) is 10.7 Å². The molecule has 5 nitrogen and oxygen atoms in total. The summed E-state index contributed by atoms with van der Waals surface area (Å²) in [5, 5.41) is 0. The molecule has 2 N–H and O–H groups in total. The Morgan fingerprint density at radius 3 is 2.88 bits per heavy atom. The number of aromatic nitrogens is 2. The van der Waals surface area contributed by atoms with Gasteiger partial charge in [0.2, 0.25) is 11.8 Å². The second-order valence-corrected chi connectivity index (χ2v) is 4.60. The molecule has 0 radical (unpaired) electrons. The maximum Gasteiger partial charge on any atom is 0.232 e. The average Bonchev–Trinajstić information content (AvgIpc) is 2.29. The maximum absolute atomic E-state index is 5.58. The number of nitrogens with zero attached hydrogens (tertiary/aromatic N) is 3. The van der Waals surface area contributed by atoms with Crippen molar-refractivity contribution >= 4 is 21.9 Å². The lowest BCUT2D eigenvalue weighted by molar-refractivity contribution is 0.393. The Hall–Kier alpha value is -0.880. The Morgan fingerprint density at radius 2 is 2.31 bits per heavy atom. The van der Waals surface area contributed by atoms with Gasteiger partial charge in [0.15, 0.2) is 0 Å². The van der Waals surface area contributed by atoms with E-state index in [0.717, 1.165) is 11.0 Å². The number of hydrogen-bond acceptors (Lipinski definition) is 5. The van der Waals surface area contributed by atoms with Crippen LogP contribution in [0.25, 0.3) is 0 Å². The average molecular weight is 289 g/mol. The van der Waals surface area contributed by atoms with Gasteiger partial charge in [-0.3, -0.25) is 0 Å². The molecule has 1 aromatic heterocycles. The SMILES string of the molecule is COc1nc(N(C)CC(C)CN)ncc1Br. The zero-order valence-electron chi connectivity index (χ0n) is 9.77. The summed E-state index contributed by atoms with van der Waals surface area (Å²) in [7, 11) is 3.52. The molecule has 0 spiro atoms. The highest BCUT2D eigenvalue weighted by Crippen LogP contribution is 2.23. The van der Waals surface area contributed by atoms with Gasteiger partial charge in [0.25, 0.3) is 0 Å². The van der Waals surface area contributed by atoms with E-state index in [4.69, 9.17) is 10.5 Å². The van der Waals surface area contributed by atoms with Crippen molar-refractivity contribution in [1.82, 2.24) is 9.97 Å². The molecule has 0 saturated heterocycles. The molecule has 1 aromatic rings. The summed E-state index contributed by atoms with van der Waals surface area (Å²) in [6.45, 7) is 3.56. The molecule has 6 heteroatoms. The largest absolute Gasteiger partial charge is 0.480 e. The first-order chi connectivity index (χ1) is 7.58. The van der Waals surface area contributed by atoms with E-state index >= 15 is 0 Å².